The predicted molar refractivity (Wildman–Crippen MR) is 104 cm³/mol. The lowest BCUT2D eigenvalue weighted by Crippen LogP contribution is -1.94. The third-order valence-electron chi connectivity index (χ3n) is 4.04. The van der Waals surface area contributed by atoms with E-state index >= 15 is 0 Å². The Morgan fingerprint density at radius 3 is 1.92 bits per heavy atom. The van der Waals surface area contributed by atoms with Crippen LogP contribution in [0.25, 0.3) is 21.1 Å². The van der Waals surface area contributed by atoms with Crippen LogP contribution < -0.4 is 0 Å². The Labute approximate surface area is 153 Å². The minimum Gasteiger partial charge on any atom is -0.258 e. The fraction of sp³-hybridized carbons (Fsp3) is 0.400. The number of hydrogen-bond donors (Lipinski definition) is 0. The second-order valence-electron chi connectivity index (χ2n) is 6.50. The molecule has 0 aliphatic heterocycles. The maximum atomic E-state index is 4.67. The largest absolute Gasteiger partial charge is 0.258 e. The molecule has 0 spiro atoms. The maximum absolute atomic E-state index is 4.67. The number of aryl methyl sites for hydroxylation is 4. The quantitative estimate of drug-likeness (QED) is 0.563. The second-order valence-corrected chi connectivity index (χ2v) is 7.47. The molecule has 25 heavy (non-hydrogen) atoms. The van der Waals surface area contributed by atoms with Crippen molar-refractivity contribution in [2.24, 2.45) is 0 Å². The average molecular weight is 353 g/mol. The Morgan fingerprint density at radius 1 is 0.760 bits per heavy atom. The molecule has 0 saturated carbocycles. The summed E-state index contributed by atoms with van der Waals surface area (Å²) in [7, 11) is 0. The highest BCUT2D eigenvalue weighted by molar-refractivity contribution is 7.17. The molecule has 0 bridgehead atoms. The fourth-order valence-electron chi connectivity index (χ4n) is 2.96. The zero-order valence-corrected chi connectivity index (χ0v) is 16.2. The van der Waals surface area contributed by atoms with Gasteiger partial charge in [0, 0.05) is 33.9 Å². The summed E-state index contributed by atoms with van der Waals surface area (Å²) in [6, 6.07) is 8.38. The zero-order valence-electron chi connectivity index (χ0n) is 15.3. The molecule has 0 N–H and O–H groups in total. The molecule has 5 heteroatoms. The van der Waals surface area contributed by atoms with Gasteiger partial charge in [0.2, 0.25) is 0 Å². The van der Waals surface area contributed by atoms with Crippen molar-refractivity contribution < 1.29 is 0 Å². The molecule has 4 nitrogen and oxygen atoms in total. The predicted octanol–water partition coefficient (Wildman–Crippen LogP) is 5.32. The van der Waals surface area contributed by atoms with Gasteiger partial charge in [-0.3, -0.25) is 9.97 Å². The number of hydrogen-bond acceptors (Lipinski definition) is 5. The molecule has 3 aromatic rings. The van der Waals surface area contributed by atoms with Gasteiger partial charge >= 0.3 is 0 Å². The van der Waals surface area contributed by atoms with E-state index in [0.717, 1.165) is 50.3 Å². The molecule has 3 heterocycles. The van der Waals surface area contributed by atoms with Crippen molar-refractivity contribution in [1.82, 2.24) is 20.2 Å². The zero-order chi connectivity index (χ0) is 17.8. The molecule has 0 fully saturated rings. The molecule has 0 saturated heterocycles. The van der Waals surface area contributed by atoms with Crippen LogP contribution >= 0.6 is 11.3 Å². The van der Waals surface area contributed by atoms with Gasteiger partial charge < -0.3 is 0 Å². The molecule has 0 aliphatic carbocycles. The van der Waals surface area contributed by atoms with Crippen molar-refractivity contribution in [3.8, 4) is 21.1 Å². The number of pyridine rings is 2. The van der Waals surface area contributed by atoms with Gasteiger partial charge in [-0.25, -0.2) is 0 Å². The highest BCUT2D eigenvalue weighted by Gasteiger charge is 2.11. The minimum absolute atomic E-state index is 0.936. The molecule has 0 atom stereocenters. The van der Waals surface area contributed by atoms with Crippen molar-refractivity contribution in [3.63, 3.8) is 0 Å². The van der Waals surface area contributed by atoms with E-state index < -0.39 is 0 Å². The van der Waals surface area contributed by atoms with E-state index in [1.807, 2.05) is 20.8 Å². The molecular weight excluding hydrogens is 328 g/mol. The summed E-state index contributed by atoms with van der Waals surface area (Å²) in [6.07, 6.45) is 4.68. The van der Waals surface area contributed by atoms with Crippen LogP contribution in [0.4, 0.5) is 0 Å². The molecule has 3 aromatic heterocycles. The topological polar surface area (TPSA) is 51.6 Å². The smallest absolute Gasteiger partial charge is 0.148 e. The van der Waals surface area contributed by atoms with Crippen LogP contribution in [-0.2, 0) is 6.42 Å². The molecule has 0 aromatic carbocycles. The summed E-state index contributed by atoms with van der Waals surface area (Å²) in [6.45, 7) is 8.28. The van der Waals surface area contributed by atoms with E-state index in [1.54, 1.807) is 11.3 Å². The van der Waals surface area contributed by atoms with E-state index in [4.69, 9.17) is 0 Å². The first kappa shape index (κ1) is 17.7. The molecule has 0 unspecified atom stereocenters. The Hall–Kier alpha value is -2.14. The first-order valence-corrected chi connectivity index (χ1v) is 9.64. The molecular formula is C20H24N4S. The summed E-state index contributed by atoms with van der Waals surface area (Å²) in [4.78, 5) is 9.10. The average Bonchev–Trinajstić information content (AvgIpc) is 3.04. The van der Waals surface area contributed by atoms with Crippen LogP contribution in [0.1, 0.15) is 49.0 Å². The first-order valence-electron chi connectivity index (χ1n) is 8.82. The SMILES string of the molecule is CCCCCc1cc(-c2nnc(-c3cc(C)nc(C)c3)s2)cc(C)n1. The number of aromatic nitrogens is 4. The van der Waals surface area contributed by atoms with E-state index in [2.05, 4.69) is 51.4 Å². The van der Waals surface area contributed by atoms with Crippen molar-refractivity contribution in [3.05, 3.63) is 47.0 Å². The summed E-state index contributed by atoms with van der Waals surface area (Å²) < 4.78 is 0. The standard InChI is InChI=1S/C20H24N4S/c1-5-6-7-8-18-12-17(11-15(4)22-18)20-24-23-19(25-20)16-9-13(2)21-14(3)10-16/h9-12H,5-8H2,1-4H3. The van der Waals surface area contributed by atoms with Gasteiger partial charge in [-0.15, -0.1) is 10.2 Å². The fourth-order valence-corrected chi connectivity index (χ4v) is 3.78. The van der Waals surface area contributed by atoms with Gasteiger partial charge in [-0.05, 0) is 57.9 Å². The highest BCUT2D eigenvalue weighted by Crippen LogP contribution is 2.31. The van der Waals surface area contributed by atoms with Gasteiger partial charge in [0.25, 0.3) is 0 Å². The first-order chi connectivity index (χ1) is 12.0. The van der Waals surface area contributed by atoms with Gasteiger partial charge in [0.15, 0.2) is 0 Å². The third kappa shape index (κ3) is 4.48. The number of unbranched alkanes of at least 4 members (excludes halogenated alkanes) is 2. The molecule has 0 aliphatic rings. The van der Waals surface area contributed by atoms with Crippen LogP contribution in [0, 0.1) is 20.8 Å². The third-order valence-corrected chi connectivity index (χ3v) is 5.06. The molecule has 0 amide bonds. The van der Waals surface area contributed by atoms with Gasteiger partial charge in [-0.2, -0.15) is 0 Å². The van der Waals surface area contributed by atoms with Crippen molar-refractivity contribution in [2.75, 3.05) is 0 Å². The van der Waals surface area contributed by atoms with E-state index in [1.165, 1.54) is 19.3 Å². The van der Waals surface area contributed by atoms with Crippen molar-refractivity contribution in [2.45, 2.75) is 53.4 Å². The van der Waals surface area contributed by atoms with Crippen LogP contribution in [0.5, 0.6) is 0 Å². The van der Waals surface area contributed by atoms with Crippen molar-refractivity contribution >= 4 is 11.3 Å². The van der Waals surface area contributed by atoms with E-state index in [0.29, 0.717) is 0 Å². The monoisotopic (exact) mass is 352 g/mol. The Kier molecular flexibility index (Phi) is 5.53. The number of rotatable bonds is 6. The maximum Gasteiger partial charge on any atom is 0.148 e. The normalized spacial score (nSPS) is 11.0. The lowest BCUT2D eigenvalue weighted by Gasteiger charge is -2.04. The minimum atomic E-state index is 0.936. The van der Waals surface area contributed by atoms with Crippen LogP contribution in [0.15, 0.2) is 24.3 Å². The lowest BCUT2D eigenvalue weighted by atomic mass is 10.1. The highest BCUT2D eigenvalue weighted by atomic mass is 32.1. The molecule has 3 rings (SSSR count). The van der Waals surface area contributed by atoms with Crippen LogP contribution in [0.3, 0.4) is 0 Å². The number of nitrogens with zero attached hydrogens (tertiary/aromatic N) is 4. The lowest BCUT2D eigenvalue weighted by molar-refractivity contribution is 0.706. The van der Waals surface area contributed by atoms with Crippen LogP contribution in [-0.4, -0.2) is 20.2 Å². The molecule has 130 valence electrons. The summed E-state index contributed by atoms with van der Waals surface area (Å²) in [5.41, 5.74) is 6.40. The summed E-state index contributed by atoms with van der Waals surface area (Å²) in [5.74, 6) is 0. The van der Waals surface area contributed by atoms with Gasteiger partial charge in [-0.1, -0.05) is 31.1 Å². The molecule has 0 radical (unpaired) electrons. The van der Waals surface area contributed by atoms with Crippen LogP contribution in [0.2, 0.25) is 0 Å². The Morgan fingerprint density at radius 2 is 1.32 bits per heavy atom. The van der Waals surface area contributed by atoms with Gasteiger partial charge in [0.05, 0.1) is 0 Å². The second kappa shape index (κ2) is 7.83. The van der Waals surface area contributed by atoms with E-state index in [9.17, 15) is 0 Å². The van der Waals surface area contributed by atoms with Crippen molar-refractivity contribution in [1.29, 1.82) is 0 Å². The Bertz CT molecular complexity index is 850. The van der Waals surface area contributed by atoms with Gasteiger partial charge in [0.1, 0.15) is 10.0 Å². The summed E-state index contributed by atoms with van der Waals surface area (Å²) in [5, 5.41) is 10.7. The Balaban J connectivity index is 1.89. The summed E-state index contributed by atoms with van der Waals surface area (Å²) >= 11 is 1.62. The van der Waals surface area contributed by atoms with E-state index in [-0.39, 0.29) is 0 Å².